The highest BCUT2D eigenvalue weighted by Gasteiger charge is 2.46. The van der Waals surface area contributed by atoms with E-state index in [1.807, 2.05) is 0 Å². The quantitative estimate of drug-likeness (QED) is 0.112. The van der Waals surface area contributed by atoms with Crippen LogP contribution in [-0.4, -0.2) is 135 Å². The van der Waals surface area contributed by atoms with E-state index >= 15 is 0 Å². The van der Waals surface area contributed by atoms with Crippen LogP contribution in [0.4, 0.5) is 0 Å². The third-order valence-corrected chi connectivity index (χ3v) is 6.65. The summed E-state index contributed by atoms with van der Waals surface area (Å²) in [4.78, 5) is 12.2. The largest absolute Gasteiger partial charge is 0.495 e. The predicted molar refractivity (Wildman–Crippen MR) is 141 cm³/mol. The number of fused-ring (bicyclic) bond motifs is 2. The van der Waals surface area contributed by atoms with Crippen molar-refractivity contribution in [3.63, 3.8) is 0 Å². The van der Waals surface area contributed by atoms with Crippen LogP contribution in [0.15, 0.2) is 32.0 Å². The molecule has 0 unspecified atom stereocenters. The van der Waals surface area contributed by atoms with Crippen LogP contribution in [0.3, 0.4) is 0 Å². The van der Waals surface area contributed by atoms with Crippen molar-refractivity contribution in [1.29, 1.82) is 0 Å². The van der Waals surface area contributed by atoms with Crippen molar-refractivity contribution in [3.8, 4) is 11.5 Å². The number of aliphatic hydroxyl groups excluding tert-OH is 9. The lowest BCUT2D eigenvalue weighted by Crippen LogP contribution is -2.61. The first-order chi connectivity index (χ1) is 19.9. The molecule has 0 radical (unpaired) electrons. The molecule has 42 heavy (non-hydrogen) atoms. The smallest absolute Gasteiger partial charge is 0.206 e. The zero-order chi connectivity index (χ0) is 31.3. The number of aryl methyl sites for hydroxylation is 1. The number of furan rings is 1. The van der Waals surface area contributed by atoms with Gasteiger partial charge in [0.1, 0.15) is 65.7 Å². The van der Waals surface area contributed by atoms with Crippen molar-refractivity contribution >= 4 is 21.9 Å². The lowest BCUT2D eigenvalue weighted by molar-refractivity contribution is -0.327. The van der Waals surface area contributed by atoms with Crippen LogP contribution in [0.2, 0.25) is 0 Å². The van der Waals surface area contributed by atoms with Crippen molar-refractivity contribution in [1.82, 2.24) is 0 Å². The number of methoxy groups -OCH3 is 2. The standard InChI is InChI=1S/C14H12O5.C12H24O11/c1-7-6-9(15)10-11(16-2)8-4-5-18-12(8)14(17-3)13(10)19-7;13-1-4(16)7(18)11(5(17)2-14)23-12-10(21)9(20)8(19)6(3-15)22-12/h4-6H,1-3H3;4-21H,1-3H2/t;4-,5+,6+,7+,8-,9-,10+,11+,12-/m.0/s1. The van der Waals surface area contributed by atoms with Gasteiger partial charge in [-0.2, -0.15) is 0 Å². The lowest BCUT2D eigenvalue weighted by atomic mass is 9.98. The molecule has 3 heterocycles. The lowest BCUT2D eigenvalue weighted by Gasteiger charge is -2.42. The second-order valence-corrected chi connectivity index (χ2v) is 9.44. The Hall–Kier alpha value is -2.87. The van der Waals surface area contributed by atoms with Gasteiger partial charge in [0.05, 0.1) is 45.7 Å². The van der Waals surface area contributed by atoms with E-state index in [4.69, 9.17) is 43.1 Å². The van der Waals surface area contributed by atoms with E-state index in [1.165, 1.54) is 26.5 Å². The summed E-state index contributed by atoms with van der Waals surface area (Å²) >= 11 is 0. The molecule has 2 aromatic heterocycles. The van der Waals surface area contributed by atoms with Crippen LogP contribution in [0.1, 0.15) is 5.76 Å². The molecular weight excluding hydrogens is 568 g/mol. The molecule has 9 atom stereocenters. The Morgan fingerprint density at radius 3 is 2.12 bits per heavy atom. The fourth-order valence-corrected chi connectivity index (χ4v) is 4.45. The number of ether oxygens (including phenoxy) is 4. The number of aliphatic hydroxyl groups is 9. The highest BCUT2D eigenvalue weighted by Crippen LogP contribution is 2.41. The summed E-state index contributed by atoms with van der Waals surface area (Å²) < 4.78 is 31.8. The Balaban J connectivity index is 0.000000234. The van der Waals surface area contributed by atoms with Crippen molar-refractivity contribution < 1.29 is 73.7 Å². The molecule has 9 N–H and O–H groups in total. The summed E-state index contributed by atoms with van der Waals surface area (Å²) in [7, 11) is 3.01. The van der Waals surface area contributed by atoms with Crippen LogP contribution < -0.4 is 14.9 Å². The second kappa shape index (κ2) is 14.5. The molecule has 0 spiro atoms. The van der Waals surface area contributed by atoms with Crippen molar-refractivity contribution in [2.24, 2.45) is 0 Å². The maximum Gasteiger partial charge on any atom is 0.206 e. The van der Waals surface area contributed by atoms with E-state index in [0.29, 0.717) is 39.2 Å². The molecule has 1 saturated heterocycles. The third-order valence-electron chi connectivity index (χ3n) is 6.65. The molecule has 1 fully saturated rings. The average Bonchev–Trinajstić information content (AvgIpc) is 3.47. The first-order valence-corrected chi connectivity index (χ1v) is 12.7. The number of rotatable bonds is 10. The van der Waals surface area contributed by atoms with Gasteiger partial charge in [0.15, 0.2) is 22.9 Å². The van der Waals surface area contributed by atoms with Crippen molar-refractivity contribution in [3.05, 3.63) is 34.4 Å². The fourth-order valence-electron chi connectivity index (χ4n) is 4.45. The molecule has 16 heteroatoms. The van der Waals surface area contributed by atoms with Gasteiger partial charge in [0.2, 0.25) is 5.75 Å². The number of benzene rings is 1. The first-order valence-electron chi connectivity index (χ1n) is 12.7. The molecule has 0 aliphatic carbocycles. The maximum absolute atomic E-state index is 12.2. The van der Waals surface area contributed by atoms with Crippen LogP contribution in [0.5, 0.6) is 11.5 Å². The van der Waals surface area contributed by atoms with E-state index < -0.39 is 74.9 Å². The third kappa shape index (κ3) is 6.69. The average molecular weight is 605 g/mol. The molecule has 0 amide bonds. The molecule has 1 aromatic carbocycles. The minimum absolute atomic E-state index is 0.169. The monoisotopic (exact) mass is 604 g/mol. The zero-order valence-corrected chi connectivity index (χ0v) is 22.9. The van der Waals surface area contributed by atoms with Gasteiger partial charge in [-0.15, -0.1) is 0 Å². The zero-order valence-electron chi connectivity index (χ0n) is 22.9. The Labute approximate surface area is 238 Å². The van der Waals surface area contributed by atoms with E-state index in [-0.39, 0.29) is 5.43 Å². The van der Waals surface area contributed by atoms with Crippen molar-refractivity contribution in [2.75, 3.05) is 34.0 Å². The van der Waals surface area contributed by atoms with Crippen LogP contribution in [0, 0.1) is 6.92 Å². The van der Waals surface area contributed by atoms with Gasteiger partial charge < -0.3 is 73.7 Å². The molecular formula is C26H36O16. The van der Waals surface area contributed by atoms with Gasteiger partial charge in [0.25, 0.3) is 0 Å². The highest BCUT2D eigenvalue weighted by atomic mass is 16.7. The van der Waals surface area contributed by atoms with Gasteiger partial charge in [-0.25, -0.2) is 0 Å². The molecule has 236 valence electrons. The van der Waals surface area contributed by atoms with Gasteiger partial charge in [-0.1, -0.05) is 0 Å². The van der Waals surface area contributed by atoms with Crippen molar-refractivity contribution in [2.45, 2.75) is 62.0 Å². The molecule has 3 aromatic rings. The first kappa shape index (κ1) is 33.6. The number of hydrogen-bond acceptors (Lipinski definition) is 16. The number of hydrogen-bond donors (Lipinski definition) is 9. The van der Waals surface area contributed by atoms with Gasteiger partial charge >= 0.3 is 0 Å². The van der Waals surface area contributed by atoms with E-state index in [1.54, 1.807) is 13.0 Å². The minimum Gasteiger partial charge on any atom is -0.495 e. The summed E-state index contributed by atoms with van der Waals surface area (Å²) in [6.07, 6.45) is -13.6. The fraction of sp³-hybridized carbons (Fsp3) is 0.577. The van der Waals surface area contributed by atoms with Crippen LogP contribution >= 0.6 is 0 Å². The SMILES string of the molecule is COc1c2occc2c(OC)c2c(=O)cc(C)oc12.OC[C@@H](O)[C@@H](O[C@@H]1O[C@H](CO)[C@H](O)[C@H](O)[C@H]1O)[C@H](O)[C@@H](O)CO. The van der Waals surface area contributed by atoms with Gasteiger partial charge in [-0.3, -0.25) is 4.79 Å². The summed E-state index contributed by atoms with van der Waals surface area (Å²) in [6, 6.07) is 3.16. The Morgan fingerprint density at radius 2 is 1.55 bits per heavy atom. The van der Waals surface area contributed by atoms with Crippen LogP contribution in [-0.2, 0) is 9.47 Å². The summed E-state index contributed by atoms with van der Waals surface area (Å²) in [5.41, 5.74) is 0.671. The molecule has 1 aliphatic rings. The summed E-state index contributed by atoms with van der Waals surface area (Å²) in [6.45, 7) is -0.746. The topological polar surface area (TPSA) is 262 Å². The van der Waals surface area contributed by atoms with Crippen LogP contribution in [0.25, 0.3) is 21.9 Å². The maximum atomic E-state index is 12.2. The Kier molecular flexibility index (Phi) is 11.6. The molecule has 1 aliphatic heterocycles. The van der Waals surface area contributed by atoms with Gasteiger partial charge in [-0.05, 0) is 13.0 Å². The molecule has 0 saturated carbocycles. The van der Waals surface area contributed by atoms with E-state index in [2.05, 4.69) is 0 Å². The molecule has 4 rings (SSSR count). The minimum atomic E-state index is -1.85. The molecule has 0 bridgehead atoms. The normalized spacial score (nSPS) is 25.4. The highest BCUT2D eigenvalue weighted by molar-refractivity contribution is 6.06. The Morgan fingerprint density at radius 1 is 0.905 bits per heavy atom. The van der Waals surface area contributed by atoms with E-state index in [9.17, 15) is 35.4 Å². The van der Waals surface area contributed by atoms with E-state index in [0.717, 1.165) is 0 Å². The second-order valence-electron chi connectivity index (χ2n) is 9.44. The molecule has 16 nitrogen and oxygen atoms in total. The predicted octanol–water partition coefficient (Wildman–Crippen LogP) is -2.90. The Bertz CT molecular complexity index is 1350. The summed E-state index contributed by atoms with van der Waals surface area (Å²) in [5.74, 6) is 1.34. The summed E-state index contributed by atoms with van der Waals surface area (Å²) in [5, 5.41) is 85.9. The van der Waals surface area contributed by atoms with Gasteiger partial charge in [0, 0.05) is 6.07 Å².